The van der Waals surface area contributed by atoms with Crippen LogP contribution in [0.1, 0.15) is 31.7 Å². The van der Waals surface area contributed by atoms with E-state index in [1.165, 1.54) is 23.9 Å². The van der Waals surface area contributed by atoms with Crippen molar-refractivity contribution in [3.8, 4) is 0 Å². The molecule has 0 amide bonds. The highest BCUT2D eigenvalue weighted by molar-refractivity contribution is 7.99. The number of halogens is 2. The maximum atomic E-state index is 12.8. The molecule has 3 nitrogen and oxygen atoms in total. The summed E-state index contributed by atoms with van der Waals surface area (Å²) in [6.07, 6.45) is 0.824. The van der Waals surface area contributed by atoms with Crippen molar-refractivity contribution in [2.75, 3.05) is 5.75 Å². The first-order valence-electron chi connectivity index (χ1n) is 6.28. The number of nitrogens with zero attached hydrogens (tertiary/aromatic N) is 2. The van der Waals surface area contributed by atoms with Crippen molar-refractivity contribution in [3.63, 3.8) is 0 Å². The molecule has 0 saturated carbocycles. The Kier molecular flexibility index (Phi) is 5.07. The highest BCUT2D eigenvalue weighted by Crippen LogP contribution is 2.30. The van der Waals surface area contributed by atoms with Crippen molar-refractivity contribution < 1.29 is 9.50 Å². The molecule has 0 spiro atoms. The van der Waals surface area contributed by atoms with Crippen LogP contribution in [0, 0.1) is 5.82 Å². The molecule has 0 fully saturated rings. The number of aliphatic hydroxyl groups excluding tert-OH is 1. The molecule has 108 valence electrons. The Balaban J connectivity index is 2.07. The molecule has 2 rings (SSSR count). The van der Waals surface area contributed by atoms with Gasteiger partial charge in [-0.2, -0.15) is 5.10 Å². The molecule has 6 heteroatoms. The number of hydrogen-bond donors (Lipinski definition) is 1. The molecule has 0 saturated heterocycles. The summed E-state index contributed by atoms with van der Waals surface area (Å²) in [5, 5.41) is 14.9. The zero-order valence-corrected chi connectivity index (χ0v) is 12.8. The van der Waals surface area contributed by atoms with Gasteiger partial charge >= 0.3 is 0 Å². The second-order valence-electron chi connectivity index (χ2n) is 4.70. The average Bonchev–Trinajstić information content (AvgIpc) is 2.80. The normalized spacial score (nSPS) is 12.9. The van der Waals surface area contributed by atoms with Crippen LogP contribution in [0.2, 0.25) is 5.02 Å². The van der Waals surface area contributed by atoms with Gasteiger partial charge in [-0.15, -0.1) is 11.8 Å². The lowest BCUT2D eigenvalue weighted by molar-refractivity contribution is 0.189. The van der Waals surface area contributed by atoms with Gasteiger partial charge in [-0.05, 0) is 38.1 Å². The maximum absolute atomic E-state index is 12.8. The van der Waals surface area contributed by atoms with Crippen LogP contribution < -0.4 is 0 Å². The minimum absolute atomic E-state index is 0.128. The van der Waals surface area contributed by atoms with Crippen LogP contribution in [-0.4, -0.2) is 20.6 Å². The number of benzene rings is 1. The molecule has 2 aromatic rings. The smallest absolute Gasteiger partial charge is 0.123 e. The Morgan fingerprint density at radius 1 is 1.35 bits per heavy atom. The van der Waals surface area contributed by atoms with Gasteiger partial charge < -0.3 is 5.11 Å². The largest absolute Gasteiger partial charge is 0.386 e. The third-order valence-corrected chi connectivity index (χ3v) is 4.19. The number of aromatic nitrogens is 2. The summed E-state index contributed by atoms with van der Waals surface area (Å²) in [6.45, 7) is 3.96. The zero-order chi connectivity index (χ0) is 14.7. The van der Waals surface area contributed by atoms with E-state index in [0.29, 0.717) is 16.5 Å². The third kappa shape index (κ3) is 3.53. The van der Waals surface area contributed by atoms with Gasteiger partial charge in [0, 0.05) is 16.7 Å². The fourth-order valence-corrected chi connectivity index (χ4v) is 2.95. The lowest BCUT2D eigenvalue weighted by atomic mass is 10.2. The van der Waals surface area contributed by atoms with E-state index in [-0.39, 0.29) is 11.9 Å². The van der Waals surface area contributed by atoms with Gasteiger partial charge in [0.15, 0.2) is 0 Å². The van der Waals surface area contributed by atoms with E-state index in [9.17, 15) is 9.50 Å². The molecule has 1 aromatic heterocycles. The molecule has 20 heavy (non-hydrogen) atoms. The second-order valence-corrected chi connectivity index (χ2v) is 6.20. The van der Waals surface area contributed by atoms with Crippen LogP contribution in [0.4, 0.5) is 4.39 Å². The quantitative estimate of drug-likeness (QED) is 0.845. The Bertz CT molecular complexity index is 571. The summed E-state index contributed by atoms with van der Waals surface area (Å²) in [4.78, 5) is 0.900. The Hall–Kier alpha value is -1.04. The minimum atomic E-state index is -0.720. The van der Waals surface area contributed by atoms with E-state index in [1.54, 1.807) is 23.0 Å². The van der Waals surface area contributed by atoms with Crippen molar-refractivity contribution in [1.82, 2.24) is 9.78 Å². The fraction of sp³-hybridized carbons (Fsp3) is 0.357. The lowest BCUT2D eigenvalue weighted by Crippen LogP contribution is -2.13. The van der Waals surface area contributed by atoms with Crippen LogP contribution in [0.5, 0.6) is 0 Å². The lowest BCUT2D eigenvalue weighted by Gasteiger charge is -2.16. The maximum Gasteiger partial charge on any atom is 0.123 e. The van der Waals surface area contributed by atoms with Crippen molar-refractivity contribution in [3.05, 3.63) is 47.0 Å². The average molecular weight is 315 g/mol. The van der Waals surface area contributed by atoms with E-state index >= 15 is 0 Å². The molecule has 1 heterocycles. The first kappa shape index (κ1) is 15.4. The van der Waals surface area contributed by atoms with Gasteiger partial charge in [-0.1, -0.05) is 11.6 Å². The van der Waals surface area contributed by atoms with Gasteiger partial charge in [0.1, 0.15) is 11.9 Å². The topological polar surface area (TPSA) is 38.0 Å². The summed E-state index contributed by atoms with van der Waals surface area (Å²) in [5.41, 5.74) is 0.622. The number of aliphatic hydroxyl groups is 1. The van der Waals surface area contributed by atoms with Crippen LogP contribution in [-0.2, 0) is 0 Å². The predicted molar refractivity (Wildman–Crippen MR) is 79.7 cm³/mol. The van der Waals surface area contributed by atoms with E-state index in [2.05, 4.69) is 5.10 Å². The zero-order valence-electron chi connectivity index (χ0n) is 11.3. The second kappa shape index (κ2) is 6.61. The van der Waals surface area contributed by atoms with E-state index < -0.39 is 6.10 Å². The highest BCUT2D eigenvalue weighted by Gasteiger charge is 2.19. The Morgan fingerprint density at radius 2 is 2.00 bits per heavy atom. The number of rotatable bonds is 5. The van der Waals surface area contributed by atoms with Crippen LogP contribution in [0.15, 0.2) is 35.4 Å². The Labute approximate surface area is 126 Å². The van der Waals surface area contributed by atoms with Crippen molar-refractivity contribution in [1.29, 1.82) is 0 Å². The van der Waals surface area contributed by atoms with Gasteiger partial charge in [0.2, 0.25) is 0 Å². The van der Waals surface area contributed by atoms with Crippen LogP contribution >= 0.6 is 23.4 Å². The molecule has 1 unspecified atom stereocenters. The van der Waals surface area contributed by atoms with Crippen molar-refractivity contribution in [2.45, 2.75) is 30.9 Å². The van der Waals surface area contributed by atoms with Gasteiger partial charge in [-0.3, -0.25) is 4.68 Å². The van der Waals surface area contributed by atoms with Crippen molar-refractivity contribution >= 4 is 23.4 Å². The van der Waals surface area contributed by atoms with Crippen molar-refractivity contribution in [2.24, 2.45) is 0 Å². The molecule has 0 aliphatic carbocycles. The standard InChI is InChI=1S/C14H16ClFN2OS/c1-9(2)18-14(12(15)7-17-18)13(19)8-20-11-5-3-10(16)4-6-11/h3-7,9,13,19H,8H2,1-2H3. The molecular weight excluding hydrogens is 299 g/mol. The van der Waals surface area contributed by atoms with Gasteiger partial charge in [0.05, 0.1) is 16.9 Å². The third-order valence-electron chi connectivity index (χ3n) is 2.81. The van der Waals surface area contributed by atoms with Crippen LogP contribution in [0.3, 0.4) is 0 Å². The first-order chi connectivity index (χ1) is 9.49. The summed E-state index contributed by atoms with van der Waals surface area (Å²) >= 11 is 7.53. The van der Waals surface area contributed by atoms with Gasteiger partial charge in [-0.25, -0.2) is 4.39 Å². The first-order valence-corrected chi connectivity index (χ1v) is 7.64. The minimum Gasteiger partial charge on any atom is -0.386 e. The monoisotopic (exact) mass is 314 g/mol. The molecule has 0 radical (unpaired) electrons. The summed E-state index contributed by atoms with van der Waals surface area (Å²) in [7, 11) is 0. The SMILES string of the molecule is CC(C)n1ncc(Cl)c1C(O)CSc1ccc(F)cc1. The van der Waals surface area contributed by atoms with Gasteiger partial charge in [0.25, 0.3) is 0 Å². The van der Waals surface area contributed by atoms with E-state index in [0.717, 1.165) is 4.90 Å². The summed E-state index contributed by atoms with van der Waals surface area (Å²) in [6, 6.07) is 6.31. The molecule has 1 aromatic carbocycles. The highest BCUT2D eigenvalue weighted by atomic mass is 35.5. The molecule has 1 atom stereocenters. The van der Waals surface area contributed by atoms with E-state index in [1.807, 2.05) is 13.8 Å². The molecule has 0 bridgehead atoms. The number of thioether (sulfide) groups is 1. The molecule has 1 N–H and O–H groups in total. The molecular formula is C14H16ClFN2OS. The number of hydrogen-bond acceptors (Lipinski definition) is 3. The molecule has 0 aliphatic heterocycles. The van der Waals surface area contributed by atoms with Crippen LogP contribution in [0.25, 0.3) is 0 Å². The summed E-state index contributed by atoms with van der Waals surface area (Å²) < 4.78 is 14.5. The van der Waals surface area contributed by atoms with E-state index in [4.69, 9.17) is 11.6 Å². The predicted octanol–water partition coefficient (Wildman–Crippen LogP) is 4.08. The fourth-order valence-electron chi connectivity index (χ4n) is 1.86. The summed E-state index contributed by atoms with van der Waals surface area (Å²) in [5.74, 6) is 0.167. The molecule has 0 aliphatic rings. The Morgan fingerprint density at radius 3 is 2.60 bits per heavy atom.